The molecule has 170 valence electrons. The van der Waals surface area contributed by atoms with Gasteiger partial charge in [0.2, 0.25) is 0 Å². The van der Waals surface area contributed by atoms with E-state index in [0.717, 1.165) is 18.5 Å². The summed E-state index contributed by atoms with van der Waals surface area (Å²) in [5.74, 6) is 0. The summed E-state index contributed by atoms with van der Waals surface area (Å²) in [4.78, 5) is 0. The number of rotatable bonds is 21. The quantitative estimate of drug-likeness (QED) is 0.133. The van der Waals surface area contributed by atoms with Crippen LogP contribution in [0.2, 0.25) is 0 Å². The predicted molar refractivity (Wildman–Crippen MR) is 131 cm³/mol. The summed E-state index contributed by atoms with van der Waals surface area (Å²) in [6, 6.07) is 0. The van der Waals surface area contributed by atoms with Crippen LogP contribution >= 0.6 is 16.3 Å². The molecule has 0 aliphatic carbocycles. The molecule has 0 aromatic rings. The minimum absolute atomic E-state index is 1.04. The molecule has 0 radical (unpaired) electrons. The largest absolute Gasteiger partial charge is 0.324 e. The van der Waals surface area contributed by atoms with Gasteiger partial charge in [-0.1, -0.05) is 117 Å². The van der Waals surface area contributed by atoms with Crippen molar-refractivity contribution in [2.45, 2.75) is 136 Å². The maximum Gasteiger partial charge on any atom is 0.138 e. The Bertz CT molecular complexity index is 287. The summed E-state index contributed by atoms with van der Waals surface area (Å²) in [5, 5.41) is 0. The Morgan fingerprint density at radius 2 is 0.643 bits per heavy atom. The molecule has 0 aliphatic heterocycles. The van der Waals surface area contributed by atoms with Gasteiger partial charge in [-0.15, -0.1) is 0 Å². The van der Waals surface area contributed by atoms with Gasteiger partial charge in [-0.3, -0.25) is 4.57 Å². The fourth-order valence-corrected chi connectivity index (χ4v) is 6.95. The van der Waals surface area contributed by atoms with Gasteiger partial charge >= 0.3 is 0 Å². The molecular formula is C24H52O2P2. The summed E-state index contributed by atoms with van der Waals surface area (Å²) in [5.41, 5.74) is 0. The maximum atomic E-state index is 13.5. The fraction of sp³-hybridized carbons (Fsp3) is 1.00. The van der Waals surface area contributed by atoms with E-state index in [1.807, 2.05) is 0 Å². The first-order valence-corrected chi connectivity index (χ1v) is 15.1. The van der Waals surface area contributed by atoms with Crippen molar-refractivity contribution in [1.29, 1.82) is 0 Å². The van der Waals surface area contributed by atoms with Crippen molar-refractivity contribution in [2.24, 2.45) is 0 Å². The highest BCUT2D eigenvalue weighted by molar-refractivity contribution is 7.63. The molecule has 0 aromatic heterocycles. The van der Waals surface area contributed by atoms with E-state index in [-0.39, 0.29) is 0 Å². The highest BCUT2D eigenvalue weighted by atomic mass is 31.2. The monoisotopic (exact) mass is 434 g/mol. The molecule has 0 rings (SSSR count). The van der Waals surface area contributed by atoms with Gasteiger partial charge < -0.3 is 4.57 Å². The normalized spacial score (nSPS) is 11.2. The average molecular weight is 435 g/mol. The topological polar surface area (TPSA) is 34.1 Å². The molecule has 4 heteroatoms. The molecule has 0 saturated heterocycles. The summed E-state index contributed by atoms with van der Waals surface area (Å²) in [7, 11) is -0.164. The Kier molecular flexibility index (Phi) is 27.7. The van der Waals surface area contributed by atoms with Crippen molar-refractivity contribution in [1.82, 2.24) is 0 Å². The van der Waals surface area contributed by atoms with Crippen LogP contribution < -0.4 is 0 Å². The molecule has 0 atom stereocenters. The van der Waals surface area contributed by atoms with E-state index in [4.69, 9.17) is 4.57 Å². The molecule has 0 heterocycles. The molecule has 0 aliphatic rings. The molecule has 2 nitrogen and oxygen atoms in total. The van der Waals surface area contributed by atoms with E-state index in [0.29, 0.717) is 0 Å². The lowest BCUT2D eigenvalue weighted by Crippen LogP contribution is -2.02. The van der Waals surface area contributed by atoms with Crippen LogP contribution in [-0.2, 0) is 9.13 Å². The number of hydrogen-bond donors (Lipinski definition) is 0. The summed E-state index contributed by atoms with van der Waals surface area (Å²) < 4.78 is 21.5. The second-order valence-electron chi connectivity index (χ2n) is 8.53. The highest BCUT2D eigenvalue weighted by Gasteiger charge is 2.20. The number of unbranched alkanes of at least 4 members (excludes halogenated alkanes) is 15. The van der Waals surface area contributed by atoms with E-state index in [1.165, 1.54) is 116 Å². The Hall–Kier alpha value is 0.330. The third-order valence-corrected chi connectivity index (χ3v) is 9.15. The SMILES string of the molecule is CCCCCCCCP(=O)(CCCCCCCC)CCCCCCCC.O=P. The molecule has 0 spiro atoms. The van der Waals surface area contributed by atoms with Gasteiger partial charge in [-0.25, -0.2) is 0 Å². The third kappa shape index (κ3) is 22.6. The Morgan fingerprint density at radius 1 is 0.429 bits per heavy atom. The van der Waals surface area contributed by atoms with E-state index >= 15 is 0 Å². The Morgan fingerprint density at radius 3 is 0.893 bits per heavy atom. The van der Waals surface area contributed by atoms with Crippen LogP contribution in [0, 0.1) is 0 Å². The lowest BCUT2D eigenvalue weighted by molar-refractivity contribution is 0.555. The van der Waals surface area contributed by atoms with E-state index < -0.39 is 7.14 Å². The third-order valence-electron chi connectivity index (χ3n) is 5.76. The van der Waals surface area contributed by atoms with Crippen LogP contribution in [0.25, 0.3) is 0 Å². The standard InChI is InChI=1S/C24H51OP.HOP/c1-4-7-10-13-16-19-22-26(25,23-20-17-14-11-8-5-2)24-21-18-15-12-9-6-3;1-2/h4-24H2,1-3H3;2H. The maximum absolute atomic E-state index is 13.5. The van der Waals surface area contributed by atoms with Crippen molar-refractivity contribution >= 4 is 16.3 Å². The van der Waals surface area contributed by atoms with E-state index in [2.05, 4.69) is 20.8 Å². The van der Waals surface area contributed by atoms with Crippen LogP contribution in [0.3, 0.4) is 0 Å². The van der Waals surface area contributed by atoms with Crippen LogP contribution in [0.4, 0.5) is 0 Å². The highest BCUT2D eigenvalue weighted by Crippen LogP contribution is 2.48. The first kappa shape index (κ1) is 30.5. The molecule has 0 fully saturated rings. The van der Waals surface area contributed by atoms with Gasteiger partial charge in [0, 0.05) is 18.5 Å². The van der Waals surface area contributed by atoms with Gasteiger partial charge in [0.25, 0.3) is 0 Å². The molecule has 0 saturated carbocycles. The van der Waals surface area contributed by atoms with Crippen molar-refractivity contribution < 1.29 is 9.13 Å². The van der Waals surface area contributed by atoms with E-state index in [9.17, 15) is 4.57 Å². The van der Waals surface area contributed by atoms with Crippen LogP contribution in [0.5, 0.6) is 0 Å². The van der Waals surface area contributed by atoms with Crippen LogP contribution in [-0.4, -0.2) is 18.5 Å². The Labute approximate surface area is 180 Å². The molecule has 0 amide bonds. The first-order chi connectivity index (χ1) is 13.7. The van der Waals surface area contributed by atoms with Gasteiger partial charge in [-0.2, -0.15) is 0 Å². The van der Waals surface area contributed by atoms with Gasteiger partial charge in [0.05, 0.1) is 7.14 Å². The molecule has 0 N–H and O–H groups in total. The summed E-state index contributed by atoms with van der Waals surface area (Å²) in [6.45, 7) is 6.82. The molecule has 0 bridgehead atoms. The molecule has 28 heavy (non-hydrogen) atoms. The zero-order chi connectivity index (χ0) is 21.3. The summed E-state index contributed by atoms with van der Waals surface area (Å²) in [6.07, 6.45) is 26.9. The van der Waals surface area contributed by atoms with Crippen LogP contribution in [0.15, 0.2) is 0 Å². The zero-order valence-corrected chi connectivity index (χ0v) is 21.5. The number of hydrogen-bond acceptors (Lipinski definition) is 2. The lowest BCUT2D eigenvalue weighted by atomic mass is 10.1. The van der Waals surface area contributed by atoms with Crippen molar-refractivity contribution in [3.05, 3.63) is 0 Å². The van der Waals surface area contributed by atoms with Gasteiger partial charge in [0.1, 0.15) is 9.12 Å². The lowest BCUT2D eigenvalue weighted by Gasteiger charge is -2.18. The molecule has 0 aromatic carbocycles. The first-order valence-electron chi connectivity index (χ1n) is 12.5. The molecule has 0 unspecified atom stereocenters. The summed E-state index contributed by atoms with van der Waals surface area (Å²) >= 11 is 0. The minimum atomic E-state index is -1.89. The van der Waals surface area contributed by atoms with E-state index in [1.54, 1.807) is 9.12 Å². The average Bonchev–Trinajstić information content (AvgIpc) is 2.71. The minimum Gasteiger partial charge on any atom is -0.324 e. The van der Waals surface area contributed by atoms with Gasteiger partial charge in [0.15, 0.2) is 0 Å². The Balaban J connectivity index is 0. The smallest absolute Gasteiger partial charge is 0.138 e. The van der Waals surface area contributed by atoms with Crippen molar-refractivity contribution in [3.63, 3.8) is 0 Å². The van der Waals surface area contributed by atoms with Crippen molar-refractivity contribution in [3.8, 4) is 0 Å². The van der Waals surface area contributed by atoms with Crippen LogP contribution in [0.1, 0.15) is 136 Å². The fourth-order valence-electron chi connectivity index (χ4n) is 3.88. The zero-order valence-electron chi connectivity index (χ0n) is 19.6. The predicted octanol–water partition coefficient (Wildman–Crippen LogP) is 9.91. The molecular weight excluding hydrogens is 382 g/mol. The second-order valence-corrected chi connectivity index (χ2v) is 12.0. The second kappa shape index (κ2) is 25.4. The van der Waals surface area contributed by atoms with Gasteiger partial charge in [-0.05, 0) is 19.3 Å². The van der Waals surface area contributed by atoms with Crippen molar-refractivity contribution in [2.75, 3.05) is 18.5 Å².